The predicted molar refractivity (Wildman–Crippen MR) is 157 cm³/mol. The van der Waals surface area contributed by atoms with Crippen molar-refractivity contribution in [3.05, 3.63) is 95.6 Å². The Bertz CT molecular complexity index is 1060. The van der Waals surface area contributed by atoms with E-state index >= 15 is 0 Å². The van der Waals surface area contributed by atoms with Gasteiger partial charge < -0.3 is 0 Å². The van der Waals surface area contributed by atoms with Crippen LogP contribution in [0.3, 0.4) is 0 Å². The van der Waals surface area contributed by atoms with Crippen LogP contribution in [0, 0.1) is 29.1 Å². The van der Waals surface area contributed by atoms with E-state index in [4.69, 9.17) is 9.97 Å². The maximum Gasteiger partial charge on any atom is 0.132 e. The van der Waals surface area contributed by atoms with Crippen molar-refractivity contribution in [2.24, 2.45) is 17.8 Å². The van der Waals surface area contributed by atoms with Crippen LogP contribution in [0.5, 0.6) is 0 Å². The van der Waals surface area contributed by atoms with Gasteiger partial charge in [0.1, 0.15) is 5.82 Å². The molecule has 0 bridgehead atoms. The lowest BCUT2D eigenvalue weighted by molar-refractivity contribution is 0.249. The summed E-state index contributed by atoms with van der Waals surface area (Å²) in [6.45, 7) is 4.30. The molecule has 3 aromatic rings. The molecule has 1 aliphatic carbocycles. The summed E-state index contributed by atoms with van der Waals surface area (Å²) >= 11 is 0. The van der Waals surface area contributed by atoms with Crippen molar-refractivity contribution in [1.82, 2.24) is 9.97 Å². The Morgan fingerprint density at radius 2 is 1.37 bits per heavy atom. The SMILES string of the molecule is CCCCCC1CCC(CCc2cnc(C(CC(C)C#N)C(c3ccccc3)c3ccccc3)nc2)CC1. The highest BCUT2D eigenvalue weighted by Gasteiger charge is 2.30. The highest BCUT2D eigenvalue weighted by atomic mass is 14.9. The molecule has 38 heavy (non-hydrogen) atoms. The summed E-state index contributed by atoms with van der Waals surface area (Å²) in [7, 11) is 0. The molecule has 0 spiro atoms. The zero-order chi connectivity index (χ0) is 26.6. The molecule has 200 valence electrons. The topological polar surface area (TPSA) is 49.6 Å². The second-order valence-corrected chi connectivity index (χ2v) is 11.5. The Morgan fingerprint density at radius 3 is 1.89 bits per heavy atom. The Labute approximate surface area is 230 Å². The van der Waals surface area contributed by atoms with Gasteiger partial charge >= 0.3 is 0 Å². The molecule has 1 saturated carbocycles. The van der Waals surface area contributed by atoms with E-state index in [9.17, 15) is 5.26 Å². The van der Waals surface area contributed by atoms with Crippen LogP contribution in [0.2, 0.25) is 0 Å². The first kappa shape index (κ1) is 28.0. The molecule has 1 aromatic heterocycles. The summed E-state index contributed by atoms with van der Waals surface area (Å²) in [6.07, 6.45) is 18.3. The molecule has 1 heterocycles. The first-order chi connectivity index (χ1) is 18.7. The van der Waals surface area contributed by atoms with Gasteiger partial charge in [-0.05, 0) is 54.7 Å². The molecule has 0 saturated heterocycles. The third-order valence-electron chi connectivity index (χ3n) is 8.63. The zero-order valence-electron chi connectivity index (χ0n) is 23.4. The number of nitriles is 1. The molecule has 3 nitrogen and oxygen atoms in total. The monoisotopic (exact) mass is 507 g/mol. The summed E-state index contributed by atoms with van der Waals surface area (Å²) in [5.74, 6) is 2.73. The number of aryl methyl sites for hydroxylation is 1. The molecule has 2 unspecified atom stereocenters. The van der Waals surface area contributed by atoms with Crippen LogP contribution < -0.4 is 0 Å². The predicted octanol–water partition coefficient (Wildman–Crippen LogP) is 9.26. The fourth-order valence-electron chi connectivity index (χ4n) is 6.35. The van der Waals surface area contributed by atoms with Crippen LogP contribution >= 0.6 is 0 Å². The van der Waals surface area contributed by atoms with Crippen LogP contribution in [-0.2, 0) is 6.42 Å². The minimum Gasteiger partial charge on any atom is -0.241 e. The second kappa shape index (κ2) is 14.8. The molecule has 1 fully saturated rings. The Balaban J connectivity index is 1.45. The highest BCUT2D eigenvalue weighted by Crippen LogP contribution is 2.41. The minimum absolute atomic E-state index is 0.0338. The fraction of sp³-hybridized carbons (Fsp3) is 0.514. The van der Waals surface area contributed by atoms with Crippen LogP contribution in [0.4, 0.5) is 0 Å². The number of rotatable bonds is 13. The molecular weight excluding hydrogens is 462 g/mol. The van der Waals surface area contributed by atoms with E-state index in [0.717, 1.165) is 30.5 Å². The molecule has 0 N–H and O–H groups in total. The number of hydrogen-bond donors (Lipinski definition) is 0. The maximum absolute atomic E-state index is 9.67. The number of nitrogens with zero attached hydrogens (tertiary/aromatic N) is 3. The van der Waals surface area contributed by atoms with Crippen molar-refractivity contribution in [1.29, 1.82) is 5.26 Å². The molecule has 0 amide bonds. The Kier molecular flexibility index (Phi) is 10.9. The number of benzene rings is 2. The van der Waals surface area contributed by atoms with E-state index in [1.807, 2.05) is 6.92 Å². The summed E-state index contributed by atoms with van der Waals surface area (Å²) in [5, 5.41) is 9.67. The van der Waals surface area contributed by atoms with Gasteiger partial charge in [-0.1, -0.05) is 119 Å². The molecular formula is C35H45N3. The van der Waals surface area contributed by atoms with E-state index in [1.54, 1.807) is 0 Å². The molecule has 0 aliphatic heterocycles. The van der Waals surface area contributed by atoms with Crippen LogP contribution in [-0.4, -0.2) is 9.97 Å². The first-order valence-corrected chi connectivity index (χ1v) is 15.0. The third-order valence-corrected chi connectivity index (χ3v) is 8.63. The van der Waals surface area contributed by atoms with Crippen molar-refractivity contribution in [2.45, 2.75) is 96.3 Å². The Hall–Kier alpha value is -2.99. The lowest BCUT2D eigenvalue weighted by Gasteiger charge is -2.29. The minimum atomic E-state index is -0.0738. The summed E-state index contributed by atoms with van der Waals surface area (Å²) in [5.41, 5.74) is 3.72. The summed E-state index contributed by atoms with van der Waals surface area (Å²) in [4.78, 5) is 9.87. The Morgan fingerprint density at radius 1 is 0.816 bits per heavy atom. The molecule has 3 heteroatoms. The first-order valence-electron chi connectivity index (χ1n) is 15.0. The quantitative estimate of drug-likeness (QED) is 0.217. The third kappa shape index (κ3) is 8.00. The number of aromatic nitrogens is 2. The second-order valence-electron chi connectivity index (χ2n) is 11.5. The number of unbranched alkanes of at least 4 members (excludes halogenated alkanes) is 2. The lowest BCUT2D eigenvalue weighted by atomic mass is 9.76. The van der Waals surface area contributed by atoms with E-state index in [0.29, 0.717) is 0 Å². The molecule has 2 aromatic carbocycles. The highest BCUT2D eigenvalue weighted by molar-refractivity contribution is 5.36. The van der Waals surface area contributed by atoms with Gasteiger partial charge in [-0.25, -0.2) is 9.97 Å². The van der Waals surface area contributed by atoms with E-state index < -0.39 is 0 Å². The van der Waals surface area contributed by atoms with Gasteiger partial charge in [0, 0.05) is 30.1 Å². The summed E-state index contributed by atoms with van der Waals surface area (Å²) in [6, 6.07) is 23.7. The lowest BCUT2D eigenvalue weighted by Crippen LogP contribution is -2.18. The van der Waals surface area contributed by atoms with E-state index in [-0.39, 0.29) is 17.8 Å². The molecule has 0 radical (unpaired) electrons. The van der Waals surface area contributed by atoms with Crippen molar-refractivity contribution in [2.75, 3.05) is 0 Å². The van der Waals surface area contributed by atoms with Gasteiger partial charge in [-0.3, -0.25) is 0 Å². The fourth-order valence-corrected chi connectivity index (χ4v) is 6.35. The smallest absolute Gasteiger partial charge is 0.132 e. The van der Waals surface area contributed by atoms with Gasteiger partial charge in [0.2, 0.25) is 0 Å². The van der Waals surface area contributed by atoms with Crippen molar-refractivity contribution < 1.29 is 0 Å². The van der Waals surface area contributed by atoms with Crippen LogP contribution in [0.15, 0.2) is 73.1 Å². The van der Waals surface area contributed by atoms with E-state index in [2.05, 4.69) is 86.1 Å². The molecule has 1 aliphatic rings. The number of hydrogen-bond acceptors (Lipinski definition) is 3. The zero-order valence-corrected chi connectivity index (χ0v) is 23.4. The standard InChI is InChI=1S/C35H45N3/c1-3-4-7-12-28-17-19-29(20-18-28)21-22-30-25-37-35(38-26-30)33(23-27(2)24-36)34(31-13-8-5-9-14-31)32-15-10-6-11-16-32/h5-6,8-11,13-16,25-29,33-34H,3-4,7,12,17-23H2,1-2H3. The average Bonchev–Trinajstić information content (AvgIpc) is 2.98. The molecule has 4 rings (SSSR count). The summed E-state index contributed by atoms with van der Waals surface area (Å²) < 4.78 is 0. The normalized spacial score (nSPS) is 19.1. The van der Waals surface area contributed by atoms with Gasteiger partial charge in [0.05, 0.1) is 6.07 Å². The van der Waals surface area contributed by atoms with Crippen molar-refractivity contribution in [3.63, 3.8) is 0 Å². The van der Waals surface area contributed by atoms with Gasteiger partial charge in [0.25, 0.3) is 0 Å². The maximum atomic E-state index is 9.67. The van der Waals surface area contributed by atoms with Crippen molar-refractivity contribution >= 4 is 0 Å². The largest absolute Gasteiger partial charge is 0.241 e. The van der Waals surface area contributed by atoms with Gasteiger partial charge in [-0.2, -0.15) is 5.26 Å². The van der Waals surface area contributed by atoms with Crippen molar-refractivity contribution in [3.8, 4) is 6.07 Å². The van der Waals surface area contributed by atoms with E-state index in [1.165, 1.54) is 74.5 Å². The van der Waals surface area contributed by atoms with Crippen LogP contribution in [0.1, 0.15) is 112 Å². The van der Waals surface area contributed by atoms with Gasteiger partial charge in [-0.15, -0.1) is 0 Å². The van der Waals surface area contributed by atoms with Crippen LogP contribution in [0.25, 0.3) is 0 Å². The molecule has 2 atom stereocenters. The van der Waals surface area contributed by atoms with Gasteiger partial charge in [0.15, 0.2) is 0 Å². The average molecular weight is 508 g/mol.